The lowest BCUT2D eigenvalue weighted by Gasteiger charge is -2.30. The summed E-state index contributed by atoms with van der Waals surface area (Å²) in [4.78, 5) is 14.7. The van der Waals surface area contributed by atoms with Gasteiger partial charge in [0, 0.05) is 18.6 Å². The van der Waals surface area contributed by atoms with Crippen LogP contribution in [-0.4, -0.2) is 45.0 Å². The first kappa shape index (κ1) is 19.7. The van der Waals surface area contributed by atoms with Gasteiger partial charge in [0.05, 0.1) is 17.6 Å². The van der Waals surface area contributed by atoms with Crippen molar-refractivity contribution in [1.29, 1.82) is 0 Å². The van der Waals surface area contributed by atoms with Crippen LogP contribution in [0.1, 0.15) is 50.9 Å². The molecular formula is C18H28N2O4S. The molecule has 7 heteroatoms. The van der Waals surface area contributed by atoms with Crippen LogP contribution in [0.3, 0.4) is 0 Å². The fourth-order valence-corrected chi connectivity index (χ4v) is 4.31. The van der Waals surface area contributed by atoms with E-state index in [2.05, 4.69) is 11.6 Å². The minimum Gasteiger partial charge on any atom is -0.496 e. The largest absolute Gasteiger partial charge is 0.496 e. The molecule has 0 aliphatic carbocycles. The third kappa shape index (κ3) is 4.95. The van der Waals surface area contributed by atoms with Gasteiger partial charge in [-0.2, -0.15) is 0 Å². The minimum atomic E-state index is -3.71. The number of sulfonamides is 1. The fraction of sp³-hybridized carbons (Fsp3) is 0.611. The van der Waals surface area contributed by atoms with Crippen LogP contribution < -0.4 is 9.46 Å². The highest BCUT2D eigenvalue weighted by atomic mass is 32.2. The molecule has 1 amide bonds. The Morgan fingerprint density at radius 1 is 1.24 bits per heavy atom. The summed E-state index contributed by atoms with van der Waals surface area (Å²) in [7, 11) is -2.24. The second-order valence-electron chi connectivity index (χ2n) is 7.69. The van der Waals surface area contributed by atoms with Crippen molar-refractivity contribution in [2.75, 3.05) is 20.2 Å². The van der Waals surface area contributed by atoms with Crippen molar-refractivity contribution in [2.24, 2.45) is 5.92 Å². The molecule has 2 rings (SSSR count). The number of carbonyl (C=O) groups excluding carboxylic acids is 1. The van der Waals surface area contributed by atoms with Gasteiger partial charge in [0.1, 0.15) is 5.75 Å². The van der Waals surface area contributed by atoms with E-state index in [-0.39, 0.29) is 16.4 Å². The highest BCUT2D eigenvalue weighted by Crippen LogP contribution is 2.26. The number of benzene rings is 1. The summed E-state index contributed by atoms with van der Waals surface area (Å²) in [6, 6.07) is 4.41. The summed E-state index contributed by atoms with van der Waals surface area (Å²) in [5.74, 6) is 0.809. The van der Waals surface area contributed by atoms with Gasteiger partial charge >= 0.3 is 0 Å². The average molecular weight is 368 g/mol. The monoisotopic (exact) mass is 368 g/mol. The zero-order valence-corrected chi connectivity index (χ0v) is 16.4. The molecule has 1 aliphatic rings. The van der Waals surface area contributed by atoms with E-state index in [1.54, 1.807) is 25.7 Å². The van der Waals surface area contributed by atoms with E-state index in [9.17, 15) is 13.2 Å². The molecule has 1 fully saturated rings. The molecule has 1 aromatic carbocycles. The van der Waals surface area contributed by atoms with Gasteiger partial charge in [0.25, 0.3) is 5.91 Å². The number of hydrogen-bond donors (Lipinski definition) is 1. The Bertz CT molecular complexity index is 730. The van der Waals surface area contributed by atoms with E-state index in [4.69, 9.17) is 4.74 Å². The highest BCUT2D eigenvalue weighted by Gasteiger charge is 2.27. The fourth-order valence-electron chi connectivity index (χ4n) is 2.87. The molecule has 1 saturated heterocycles. The molecule has 1 heterocycles. The molecule has 0 unspecified atom stereocenters. The average Bonchev–Trinajstić information content (AvgIpc) is 2.52. The highest BCUT2D eigenvalue weighted by molar-refractivity contribution is 7.89. The third-order valence-electron chi connectivity index (χ3n) is 4.22. The van der Waals surface area contributed by atoms with Gasteiger partial charge in [0.15, 0.2) is 0 Å². The second-order valence-corrected chi connectivity index (χ2v) is 9.37. The number of methoxy groups -OCH3 is 1. The minimum absolute atomic E-state index is 0.0666. The van der Waals surface area contributed by atoms with Crippen LogP contribution in [0.4, 0.5) is 0 Å². The number of ether oxygens (including phenoxy) is 1. The Kier molecular flexibility index (Phi) is 5.79. The van der Waals surface area contributed by atoms with E-state index >= 15 is 0 Å². The van der Waals surface area contributed by atoms with Gasteiger partial charge in [-0.25, -0.2) is 13.1 Å². The Hall–Kier alpha value is -1.60. The van der Waals surface area contributed by atoms with Crippen LogP contribution in [0.5, 0.6) is 5.75 Å². The number of likely N-dealkylation sites (tertiary alicyclic amines) is 1. The van der Waals surface area contributed by atoms with Crippen LogP contribution in [0.15, 0.2) is 23.1 Å². The number of hydrogen-bond acceptors (Lipinski definition) is 4. The van der Waals surface area contributed by atoms with Crippen LogP contribution in [0.2, 0.25) is 0 Å². The molecule has 0 atom stereocenters. The number of rotatable bonds is 4. The van der Waals surface area contributed by atoms with Gasteiger partial charge in [-0.05, 0) is 57.7 Å². The Labute approximate surface area is 150 Å². The molecular weight excluding hydrogens is 340 g/mol. The standard InChI is InChI=1S/C18H28N2O4S/c1-13-8-10-20(11-9-13)17(21)15-12-14(6-7-16(15)24-5)25(22,23)19-18(2,3)4/h6-7,12-13,19H,8-11H2,1-5H3. The summed E-state index contributed by atoms with van der Waals surface area (Å²) in [6.45, 7) is 8.85. The van der Waals surface area contributed by atoms with Gasteiger partial charge in [0.2, 0.25) is 10.0 Å². The molecule has 1 aromatic rings. The molecule has 0 aromatic heterocycles. The maximum atomic E-state index is 12.9. The lowest BCUT2D eigenvalue weighted by atomic mass is 9.98. The molecule has 6 nitrogen and oxygen atoms in total. The number of nitrogens with one attached hydrogen (secondary N) is 1. The number of piperidine rings is 1. The van der Waals surface area contributed by atoms with Gasteiger partial charge < -0.3 is 9.64 Å². The predicted octanol–water partition coefficient (Wildman–Crippen LogP) is 2.64. The van der Waals surface area contributed by atoms with Gasteiger partial charge in [-0.1, -0.05) is 6.92 Å². The molecule has 1 aliphatic heterocycles. The van der Waals surface area contributed by atoms with Crippen LogP contribution >= 0.6 is 0 Å². The first-order chi connectivity index (χ1) is 11.5. The topological polar surface area (TPSA) is 75.7 Å². The van der Waals surface area contributed by atoms with Crippen LogP contribution in [0, 0.1) is 5.92 Å². The Morgan fingerprint density at radius 3 is 2.36 bits per heavy atom. The first-order valence-corrected chi connectivity index (χ1v) is 10.0. The van der Waals surface area contributed by atoms with E-state index in [0.29, 0.717) is 24.8 Å². The van der Waals surface area contributed by atoms with E-state index in [1.807, 2.05) is 0 Å². The molecule has 0 bridgehead atoms. The summed E-state index contributed by atoms with van der Waals surface area (Å²) >= 11 is 0. The SMILES string of the molecule is COc1ccc(S(=O)(=O)NC(C)(C)C)cc1C(=O)N1CCC(C)CC1. The van der Waals surface area contributed by atoms with Gasteiger partial charge in [-0.3, -0.25) is 4.79 Å². The summed E-state index contributed by atoms with van der Waals surface area (Å²) in [5.41, 5.74) is -0.319. The zero-order valence-electron chi connectivity index (χ0n) is 15.6. The molecule has 25 heavy (non-hydrogen) atoms. The van der Waals surface area contributed by atoms with Crippen LogP contribution in [-0.2, 0) is 10.0 Å². The molecule has 0 radical (unpaired) electrons. The first-order valence-electron chi connectivity index (χ1n) is 8.55. The van der Waals surface area contributed by atoms with Crippen molar-refractivity contribution in [3.05, 3.63) is 23.8 Å². The van der Waals surface area contributed by atoms with E-state index in [1.165, 1.54) is 25.3 Å². The van der Waals surface area contributed by atoms with Crippen LogP contribution in [0.25, 0.3) is 0 Å². The van der Waals surface area contributed by atoms with E-state index < -0.39 is 15.6 Å². The quantitative estimate of drug-likeness (QED) is 0.886. The zero-order chi connectivity index (χ0) is 18.8. The molecule has 140 valence electrons. The van der Waals surface area contributed by atoms with Crippen molar-refractivity contribution in [1.82, 2.24) is 9.62 Å². The molecule has 1 N–H and O–H groups in total. The summed E-state index contributed by atoms with van der Waals surface area (Å²) in [5, 5.41) is 0. The number of carbonyl (C=O) groups is 1. The normalized spacial score (nSPS) is 16.8. The van der Waals surface area contributed by atoms with Crippen molar-refractivity contribution in [3.63, 3.8) is 0 Å². The van der Waals surface area contributed by atoms with Gasteiger partial charge in [-0.15, -0.1) is 0 Å². The van der Waals surface area contributed by atoms with Crippen molar-refractivity contribution in [3.8, 4) is 5.75 Å². The summed E-state index contributed by atoms with van der Waals surface area (Å²) < 4.78 is 33.0. The lowest BCUT2D eigenvalue weighted by Crippen LogP contribution is -2.40. The molecule has 0 spiro atoms. The molecule has 0 saturated carbocycles. The van der Waals surface area contributed by atoms with E-state index in [0.717, 1.165) is 12.8 Å². The van der Waals surface area contributed by atoms with Crippen molar-refractivity contribution < 1.29 is 17.9 Å². The van der Waals surface area contributed by atoms with Crippen molar-refractivity contribution in [2.45, 2.75) is 51.0 Å². The number of nitrogens with zero attached hydrogens (tertiary/aromatic N) is 1. The van der Waals surface area contributed by atoms with Crippen molar-refractivity contribution >= 4 is 15.9 Å². The predicted molar refractivity (Wildman–Crippen MR) is 97.4 cm³/mol. The Morgan fingerprint density at radius 2 is 1.84 bits per heavy atom. The smallest absolute Gasteiger partial charge is 0.257 e. The Balaban J connectivity index is 2.36. The summed E-state index contributed by atoms with van der Waals surface area (Å²) in [6.07, 6.45) is 1.91. The third-order valence-corrected chi connectivity index (χ3v) is 5.98. The lowest BCUT2D eigenvalue weighted by molar-refractivity contribution is 0.0693. The maximum Gasteiger partial charge on any atom is 0.257 e. The maximum absolute atomic E-state index is 12.9. The second kappa shape index (κ2) is 7.33. The number of amides is 1.